The molecule has 0 fully saturated rings. The van der Waals surface area contributed by atoms with Gasteiger partial charge in [-0.3, -0.25) is 4.79 Å². The molecule has 3 aromatic rings. The quantitative estimate of drug-likeness (QED) is 0.775. The molecule has 0 unspecified atom stereocenters. The Morgan fingerprint density at radius 3 is 2.95 bits per heavy atom. The molecule has 0 saturated carbocycles. The summed E-state index contributed by atoms with van der Waals surface area (Å²) in [6, 6.07) is 6.05. The van der Waals surface area contributed by atoms with E-state index in [1.807, 2.05) is 24.4 Å². The molecular formula is C16H16N4O. The number of anilines is 2. The Labute approximate surface area is 121 Å². The average molecular weight is 280 g/mol. The van der Waals surface area contributed by atoms with E-state index in [1.54, 1.807) is 26.2 Å². The highest BCUT2D eigenvalue weighted by atomic mass is 16.1. The van der Waals surface area contributed by atoms with Gasteiger partial charge in [0, 0.05) is 35.4 Å². The highest BCUT2D eigenvalue weighted by molar-refractivity contribution is 5.89. The van der Waals surface area contributed by atoms with Crippen molar-refractivity contribution in [2.24, 2.45) is 7.05 Å². The number of aromatic nitrogens is 3. The number of aryl methyl sites for hydroxylation is 1. The number of fused-ring (bicyclic) bond motifs is 1. The van der Waals surface area contributed by atoms with Crippen LogP contribution in [-0.4, -0.2) is 14.8 Å². The first-order valence-corrected chi connectivity index (χ1v) is 6.63. The van der Waals surface area contributed by atoms with E-state index >= 15 is 0 Å². The van der Waals surface area contributed by atoms with E-state index in [0.717, 1.165) is 22.2 Å². The number of benzene rings is 1. The molecule has 0 spiro atoms. The van der Waals surface area contributed by atoms with Crippen molar-refractivity contribution in [3.63, 3.8) is 0 Å². The lowest BCUT2D eigenvalue weighted by Crippen LogP contribution is -2.22. The predicted octanol–water partition coefficient (Wildman–Crippen LogP) is 2.96. The molecule has 2 heterocycles. The second-order valence-corrected chi connectivity index (χ2v) is 4.95. The van der Waals surface area contributed by atoms with Gasteiger partial charge in [0.25, 0.3) is 5.56 Å². The number of rotatable bonds is 3. The maximum Gasteiger partial charge on any atom is 0.271 e. The zero-order valence-corrected chi connectivity index (χ0v) is 12.0. The van der Waals surface area contributed by atoms with Gasteiger partial charge < -0.3 is 10.3 Å². The fraction of sp³-hybridized carbons (Fsp3) is 0.125. The number of aromatic amines is 1. The van der Waals surface area contributed by atoms with Gasteiger partial charge in [0.2, 0.25) is 0 Å². The van der Waals surface area contributed by atoms with Crippen molar-refractivity contribution in [2.75, 3.05) is 5.32 Å². The Kier molecular flexibility index (Phi) is 3.10. The van der Waals surface area contributed by atoms with Gasteiger partial charge in [-0.1, -0.05) is 12.7 Å². The molecule has 5 heteroatoms. The molecular weight excluding hydrogens is 264 g/mol. The largest absolute Gasteiger partial charge is 0.361 e. The molecule has 0 amide bonds. The summed E-state index contributed by atoms with van der Waals surface area (Å²) < 4.78 is 1.32. The molecule has 2 N–H and O–H groups in total. The van der Waals surface area contributed by atoms with Gasteiger partial charge in [0.15, 0.2) is 0 Å². The van der Waals surface area contributed by atoms with Crippen LogP contribution in [-0.2, 0) is 7.05 Å². The van der Waals surface area contributed by atoms with Crippen LogP contribution in [0.1, 0.15) is 11.1 Å². The van der Waals surface area contributed by atoms with Crippen molar-refractivity contribution in [3.05, 3.63) is 58.7 Å². The first kappa shape index (κ1) is 13.2. The van der Waals surface area contributed by atoms with Gasteiger partial charge in [0.1, 0.15) is 0 Å². The van der Waals surface area contributed by atoms with E-state index in [1.165, 1.54) is 4.68 Å². The van der Waals surface area contributed by atoms with Crippen molar-refractivity contribution >= 4 is 28.4 Å². The van der Waals surface area contributed by atoms with E-state index in [0.29, 0.717) is 11.3 Å². The minimum absolute atomic E-state index is 0.108. The average Bonchev–Trinajstić information content (AvgIpc) is 2.94. The number of hydrogen-bond acceptors (Lipinski definition) is 3. The summed E-state index contributed by atoms with van der Waals surface area (Å²) in [6.45, 7) is 5.63. The molecule has 0 aliphatic heterocycles. The standard InChI is InChI=1S/C16H16N4O/c1-4-11-7-13-12(5-6-17-13)8-14(11)19-15-9-18-20(3)16(21)10(15)2/h4-9,17,19H,1H2,2-3H3. The smallest absolute Gasteiger partial charge is 0.271 e. The van der Waals surface area contributed by atoms with Crippen molar-refractivity contribution < 1.29 is 0 Å². The fourth-order valence-corrected chi connectivity index (χ4v) is 2.32. The van der Waals surface area contributed by atoms with Crippen molar-refractivity contribution in [1.29, 1.82) is 0 Å². The molecule has 21 heavy (non-hydrogen) atoms. The highest BCUT2D eigenvalue weighted by Gasteiger charge is 2.08. The maximum atomic E-state index is 11.9. The normalized spacial score (nSPS) is 10.8. The predicted molar refractivity (Wildman–Crippen MR) is 85.9 cm³/mol. The number of hydrogen-bond donors (Lipinski definition) is 2. The first-order valence-electron chi connectivity index (χ1n) is 6.63. The Morgan fingerprint density at radius 2 is 2.19 bits per heavy atom. The van der Waals surface area contributed by atoms with E-state index in [9.17, 15) is 4.79 Å². The summed E-state index contributed by atoms with van der Waals surface area (Å²) in [5, 5.41) is 8.43. The first-order chi connectivity index (χ1) is 10.1. The Morgan fingerprint density at radius 1 is 1.38 bits per heavy atom. The molecule has 106 valence electrons. The second-order valence-electron chi connectivity index (χ2n) is 4.95. The minimum Gasteiger partial charge on any atom is -0.361 e. The highest BCUT2D eigenvalue weighted by Crippen LogP contribution is 2.27. The van der Waals surface area contributed by atoms with Crippen molar-refractivity contribution in [3.8, 4) is 0 Å². The number of nitrogens with zero attached hydrogens (tertiary/aromatic N) is 2. The minimum atomic E-state index is -0.108. The van der Waals surface area contributed by atoms with Crippen LogP contribution in [0.2, 0.25) is 0 Å². The van der Waals surface area contributed by atoms with Crippen LogP contribution in [0.25, 0.3) is 17.0 Å². The zero-order chi connectivity index (χ0) is 15.0. The molecule has 0 atom stereocenters. The molecule has 0 aliphatic carbocycles. The topological polar surface area (TPSA) is 62.7 Å². The lowest BCUT2D eigenvalue weighted by atomic mass is 10.1. The van der Waals surface area contributed by atoms with Crippen molar-refractivity contribution in [1.82, 2.24) is 14.8 Å². The van der Waals surface area contributed by atoms with E-state index in [-0.39, 0.29) is 5.56 Å². The molecule has 3 rings (SSSR count). The van der Waals surface area contributed by atoms with Gasteiger partial charge >= 0.3 is 0 Å². The maximum absolute atomic E-state index is 11.9. The summed E-state index contributed by atoms with van der Waals surface area (Å²) in [5.41, 5.74) is 4.14. The van der Waals surface area contributed by atoms with Gasteiger partial charge in [-0.15, -0.1) is 0 Å². The van der Waals surface area contributed by atoms with Crippen LogP contribution in [0.5, 0.6) is 0 Å². The van der Waals surface area contributed by atoms with Crippen LogP contribution in [0, 0.1) is 6.92 Å². The zero-order valence-electron chi connectivity index (χ0n) is 12.0. The van der Waals surface area contributed by atoms with Crippen LogP contribution in [0.4, 0.5) is 11.4 Å². The fourth-order valence-electron chi connectivity index (χ4n) is 2.32. The molecule has 1 aromatic carbocycles. The summed E-state index contributed by atoms with van der Waals surface area (Å²) >= 11 is 0. The van der Waals surface area contributed by atoms with E-state index in [4.69, 9.17) is 0 Å². The van der Waals surface area contributed by atoms with Gasteiger partial charge in [-0.25, -0.2) is 4.68 Å². The summed E-state index contributed by atoms with van der Waals surface area (Å²) in [6.07, 6.45) is 5.34. The van der Waals surface area contributed by atoms with E-state index in [2.05, 4.69) is 22.0 Å². The van der Waals surface area contributed by atoms with Crippen LogP contribution in [0.15, 0.2) is 42.0 Å². The van der Waals surface area contributed by atoms with Crippen LogP contribution >= 0.6 is 0 Å². The third kappa shape index (κ3) is 2.23. The molecule has 5 nitrogen and oxygen atoms in total. The van der Waals surface area contributed by atoms with Gasteiger partial charge in [-0.05, 0) is 30.7 Å². The Hall–Kier alpha value is -2.82. The van der Waals surface area contributed by atoms with Crippen LogP contribution < -0.4 is 10.9 Å². The Balaban J connectivity index is 2.11. The van der Waals surface area contributed by atoms with Gasteiger partial charge in [-0.2, -0.15) is 5.10 Å². The third-order valence-electron chi connectivity index (χ3n) is 3.59. The van der Waals surface area contributed by atoms with Crippen LogP contribution in [0.3, 0.4) is 0 Å². The molecule has 0 radical (unpaired) electrons. The number of nitrogens with one attached hydrogen (secondary N) is 2. The molecule has 2 aromatic heterocycles. The molecule has 0 saturated heterocycles. The monoisotopic (exact) mass is 280 g/mol. The van der Waals surface area contributed by atoms with E-state index < -0.39 is 0 Å². The molecule has 0 bridgehead atoms. The lowest BCUT2D eigenvalue weighted by molar-refractivity contribution is 0.702. The third-order valence-corrected chi connectivity index (χ3v) is 3.59. The summed E-state index contributed by atoms with van der Waals surface area (Å²) in [4.78, 5) is 15.1. The lowest BCUT2D eigenvalue weighted by Gasteiger charge is -2.12. The van der Waals surface area contributed by atoms with Crippen molar-refractivity contribution in [2.45, 2.75) is 6.92 Å². The van der Waals surface area contributed by atoms with Gasteiger partial charge in [0.05, 0.1) is 11.9 Å². The molecule has 0 aliphatic rings. The SMILES string of the molecule is C=Cc1cc2[nH]ccc2cc1Nc1cnn(C)c(=O)c1C. The second kappa shape index (κ2) is 4.94. The Bertz CT molecular complexity index is 889. The summed E-state index contributed by atoms with van der Waals surface area (Å²) in [5.74, 6) is 0. The summed E-state index contributed by atoms with van der Waals surface area (Å²) in [7, 11) is 1.64. The number of H-pyrrole nitrogens is 1.